The molecular formula is C8H10BN. The van der Waals surface area contributed by atoms with Crippen molar-refractivity contribution in [2.45, 2.75) is 6.92 Å². The molecule has 1 rings (SSSR count). The van der Waals surface area contributed by atoms with Gasteiger partial charge in [-0.3, -0.25) is 0 Å². The van der Waals surface area contributed by atoms with Crippen molar-refractivity contribution in [1.82, 2.24) is 0 Å². The van der Waals surface area contributed by atoms with Crippen LogP contribution in [0.25, 0.3) is 0 Å². The summed E-state index contributed by atoms with van der Waals surface area (Å²) >= 11 is 0. The Morgan fingerprint density at radius 2 is 2.10 bits per heavy atom. The van der Waals surface area contributed by atoms with Crippen molar-refractivity contribution in [1.29, 1.82) is 0 Å². The predicted octanol–water partition coefficient (Wildman–Crippen LogP) is 0.831. The van der Waals surface area contributed by atoms with Crippen LogP contribution < -0.4 is 10.8 Å². The molecule has 1 aromatic rings. The second kappa shape index (κ2) is 2.78. The van der Waals surface area contributed by atoms with E-state index < -0.39 is 0 Å². The first-order chi connectivity index (χ1) is 4.74. The molecule has 0 heterocycles. The first-order valence-electron chi connectivity index (χ1n) is 3.28. The van der Waals surface area contributed by atoms with Crippen LogP contribution in [0.5, 0.6) is 0 Å². The Hall–Kier alpha value is -0.915. The Morgan fingerprint density at radius 1 is 1.40 bits per heavy atom. The van der Waals surface area contributed by atoms with E-state index in [9.17, 15) is 0 Å². The van der Waals surface area contributed by atoms with Crippen LogP contribution in [-0.2, 0) is 0 Å². The van der Waals surface area contributed by atoms with Crippen molar-refractivity contribution in [3.05, 3.63) is 23.8 Å². The van der Waals surface area contributed by atoms with Crippen LogP contribution in [0.3, 0.4) is 0 Å². The minimum absolute atomic E-state index is 0.840. The summed E-state index contributed by atoms with van der Waals surface area (Å²) in [5.74, 6) is 0. The summed E-state index contributed by atoms with van der Waals surface area (Å²) in [7, 11) is 7.54. The number of anilines is 1. The molecule has 0 atom stereocenters. The number of nitrogens with one attached hydrogen (secondary N) is 1. The summed E-state index contributed by atoms with van der Waals surface area (Å²) in [5, 5.41) is 3.01. The van der Waals surface area contributed by atoms with Crippen molar-refractivity contribution >= 4 is 19.0 Å². The Labute approximate surface area is 62.9 Å². The van der Waals surface area contributed by atoms with Gasteiger partial charge in [-0.1, -0.05) is 17.1 Å². The Balaban J connectivity index is 3.04. The molecule has 1 N–H and O–H groups in total. The number of hydrogen-bond donors (Lipinski definition) is 1. The zero-order valence-electron chi connectivity index (χ0n) is 6.31. The highest BCUT2D eigenvalue weighted by Crippen LogP contribution is 2.03. The zero-order chi connectivity index (χ0) is 7.56. The van der Waals surface area contributed by atoms with E-state index in [-0.39, 0.29) is 0 Å². The van der Waals surface area contributed by atoms with Crippen LogP contribution in [0.4, 0.5) is 5.69 Å². The average Bonchev–Trinajstić information content (AvgIpc) is 1.95. The molecule has 2 heteroatoms. The summed E-state index contributed by atoms with van der Waals surface area (Å²) in [6, 6.07) is 5.93. The van der Waals surface area contributed by atoms with E-state index in [2.05, 4.69) is 5.32 Å². The van der Waals surface area contributed by atoms with Crippen molar-refractivity contribution in [2.75, 3.05) is 12.4 Å². The lowest BCUT2D eigenvalue weighted by Gasteiger charge is -2.03. The molecule has 1 nitrogen and oxygen atoms in total. The third kappa shape index (κ3) is 1.32. The zero-order valence-corrected chi connectivity index (χ0v) is 6.31. The summed E-state index contributed by atoms with van der Waals surface area (Å²) in [6.07, 6.45) is 0. The molecule has 1 aromatic carbocycles. The smallest absolute Gasteiger partial charge is 0.114 e. The average molecular weight is 131 g/mol. The first kappa shape index (κ1) is 7.20. The lowest BCUT2D eigenvalue weighted by Crippen LogP contribution is -2.07. The maximum Gasteiger partial charge on any atom is 0.114 e. The lowest BCUT2D eigenvalue weighted by atomic mass is 9.91. The van der Waals surface area contributed by atoms with Crippen molar-refractivity contribution in [3.8, 4) is 0 Å². The molecule has 0 spiro atoms. The molecule has 0 aromatic heterocycles. The van der Waals surface area contributed by atoms with Gasteiger partial charge in [0.2, 0.25) is 0 Å². The van der Waals surface area contributed by atoms with Crippen molar-refractivity contribution in [3.63, 3.8) is 0 Å². The van der Waals surface area contributed by atoms with E-state index >= 15 is 0 Å². The topological polar surface area (TPSA) is 12.0 Å². The van der Waals surface area contributed by atoms with Gasteiger partial charge in [0, 0.05) is 12.7 Å². The van der Waals surface area contributed by atoms with Crippen molar-refractivity contribution < 1.29 is 0 Å². The third-order valence-corrected chi connectivity index (χ3v) is 1.57. The monoisotopic (exact) mass is 131 g/mol. The van der Waals surface area contributed by atoms with E-state index in [1.807, 2.05) is 32.2 Å². The van der Waals surface area contributed by atoms with E-state index in [4.69, 9.17) is 7.85 Å². The van der Waals surface area contributed by atoms with Gasteiger partial charge < -0.3 is 5.32 Å². The van der Waals surface area contributed by atoms with Gasteiger partial charge in [0.15, 0.2) is 0 Å². The maximum atomic E-state index is 5.66. The molecule has 0 saturated carbocycles. The van der Waals surface area contributed by atoms with E-state index in [0.29, 0.717) is 0 Å². The van der Waals surface area contributed by atoms with Crippen LogP contribution in [0.2, 0.25) is 0 Å². The molecule has 10 heavy (non-hydrogen) atoms. The first-order valence-corrected chi connectivity index (χ1v) is 3.28. The molecule has 0 bridgehead atoms. The Kier molecular flexibility index (Phi) is 2.00. The van der Waals surface area contributed by atoms with Gasteiger partial charge in [0.05, 0.1) is 0 Å². The normalized spacial score (nSPS) is 9.40. The summed E-state index contributed by atoms with van der Waals surface area (Å²) in [6.45, 7) is 1.99. The molecule has 0 unspecified atom stereocenters. The van der Waals surface area contributed by atoms with Crippen LogP contribution >= 0.6 is 0 Å². The molecule has 0 aliphatic heterocycles. The van der Waals surface area contributed by atoms with Gasteiger partial charge in [-0.25, -0.2) is 0 Å². The molecule has 0 saturated heterocycles. The highest BCUT2D eigenvalue weighted by Gasteiger charge is 1.91. The second-order valence-corrected chi connectivity index (χ2v) is 2.32. The van der Waals surface area contributed by atoms with E-state index in [1.54, 1.807) is 0 Å². The van der Waals surface area contributed by atoms with Crippen LogP contribution in [0, 0.1) is 6.92 Å². The Bertz CT molecular complexity index is 233. The quantitative estimate of drug-likeness (QED) is 0.556. The highest BCUT2D eigenvalue weighted by atomic mass is 14.8. The standard InChI is InChI=1S/C8H10BN/c1-6-3-4-7(10-2)5-8(6)9/h3-5,10H,1-2H3. The van der Waals surface area contributed by atoms with Gasteiger partial charge >= 0.3 is 0 Å². The van der Waals surface area contributed by atoms with Gasteiger partial charge in [-0.15, -0.1) is 0 Å². The van der Waals surface area contributed by atoms with Crippen LogP contribution in [0.1, 0.15) is 5.56 Å². The number of aryl methyl sites for hydroxylation is 1. The number of rotatable bonds is 1. The highest BCUT2D eigenvalue weighted by molar-refractivity contribution is 6.33. The van der Waals surface area contributed by atoms with E-state index in [1.165, 1.54) is 0 Å². The van der Waals surface area contributed by atoms with Gasteiger partial charge in [0.1, 0.15) is 7.85 Å². The molecule has 50 valence electrons. The molecule has 0 fully saturated rings. The summed E-state index contributed by atoms with van der Waals surface area (Å²) < 4.78 is 0. The van der Waals surface area contributed by atoms with Gasteiger partial charge in [-0.05, 0) is 19.1 Å². The fourth-order valence-electron chi connectivity index (χ4n) is 0.796. The fourth-order valence-corrected chi connectivity index (χ4v) is 0.796. The SMILES string of the molecule is [B]c1cc(NC)ccc1C. The van der Waals surface area contributed by atoms with Gasteiger partial charge in [-0.2, -0.15) is 0 Å². The number of hydrogen-bond acceptors (Lipinski definition) is 1. The fraction of sp³-hybridized carbons (Fsp3) is 0.250. The molecule has 0 amide bonds. The maximum absolute atomic E-state index is 5.66. The third-order valence-electron chi connectivity index (χ3n) is 1.57. The van der Waals surface area contributed by atoms with Crippen LogP contribution in [-0.4, -0.2) is 14.9 Å². The van der Waals surface area contributed by atoms with Gasteiger partial charge in [0.25, 0.3) is 0 Å². The van der Waals surface area contributed by atoms with Crippen molar-refractivity contribution in [2.24, 2.45) is 0 Å². The Morgan fingerprint density at radius 3 is 2.60 bits per heavy atom. The van der Waals surface area contributed by atoms with E-state index in [0.717, 1.165) is 16.7 Å². The summed E-state index contributed by atoms with van der Waals surface area (Å²) in [5.41, 5.74) is 3.02. The molecular weight excluding hydrogens is 121 g/mol. The molecule has 0 aliphatic carbocycles. The predicted molar refractivity (Wildman–Crippen MR) is 46.1 cm³/mol. The van der Waals surface area contributed by atoms with Crippen LogP contribution in [0.15, 0.2) is 18.2 Å². The largest absolute Gasteiger partial charge is 0.388 e. The lowest BCUT2D eigenvalue weighted by molar-refractivity contribution is 1.47. The number of benzene rings is 1. The molecule has 2 radical (unpaired) electrons. The minimum Gasteiger partial charge on any atom is -0.388 e. The summed E-state index contributed by atoms with van der Waals surface area (Å²) in [4.78, 5) is 0. The molecule has 0 aliphatic rings. The minimum atomic E-state index is 0.840. The second-order valence-electron chi connectivity index (χ2n) is 2.32.